The number of halogens is 6. The summed E-state index contributed by atoms with van der Waals surface area (Å²) in [5.41, 5.74) is 8.28. The Morgan fingerprint density at radius 3 is 1.79 bits per heavy atom. The van der Waals surface area contributed by atoms with Gasteiger partial charge in [0.2, 0.25) is 0 Å². The van der Waals surface area contributed by atoms with E-state index >= 15 is 0 Å². The summed E-state index contributed by atoms with van der Waals surface area (Å²) in [5, 5.41) is 2.60. The SMILES string of the molecule is CN(C)c1ncc(Br)nc1N(C)Cc1c(Cl)cccc1Cl.Nc1ncc(Br)nc1CCc1c(Cl)cccc1Cl. The van der Waals surface area contributed by atoms with Gasteiger partial charge in [0.05, 0.1) is 18.1 Å². The van der Waals surface area contributed by atoms with Crippen molar-refractivity contribution in [1.29, 1.82) is 0 Å². The van der Waals surface area contributed by atoms with E-state index in [1.54, 1.807) is 12.4 Å². The number of aromatic nitrogens is 4. The average Bonchev–Trinajstić information content (AvgIpc) is 2.88. The molecule has 4 aromatic rings. The van der Waals surface area contributed by atoms with E-state index in [2.05, 4.69) is 51.8 Å². The number of hydrogen-bond acceptors (Lipinski definition) is 7. The summed E-state index contributed by atoms with van der Waals surface area (Å²) in [6.45, 7) is 0.546. The molecule has 2 aromatic carbocycles. The fraction of sp³-hybridized carbons (Fsp3) is 0.231. The van der Waals surface area contributed by atoms with Crippen molar-refractivity contribution >= 4 is 95.7 Å². The highest BCUT2D eigenvalue weighted by Gasteiger charge is 2.16. The Balaban J connectivity index is 0.000000218. The quantitative estimate of drug-likeness (QED) is 0.205. The molecule has 0 radical (unpaired) electrons. The zero-order chi connectivity index (χ0) is 28.7. The molecule has 0 aliphatic rings. The molecule has 0 bridgehead atoms. The predicted molar refractivity (Wildman–Crippen MR) is 171 cm³/mol. The molecule has 0 unspecified atom stereocenters. The summed E-state index contributed by atoms with van der Waals surface area (Å²) < 4.78 is 1.34. The van der Waals surface area contributed by atoms with Crippen LogP contribution < -0.4 is 15.5 Å². The minimum absolute atomic E-state index is 0.432. The Morgan fingerprint density at radius 2 is 1.23 bits per heavy atom. The largest absolute Gasteiger partial charge is 0.382 e. The Labute approximate surface area is 264 Å². The lowest BCUT2D eigenvalue weighted by Gasteiger charge is -2.24. The highest BCUT2D eigenvalue weighted by atomic mass is 79.9. The van der Waals surface area contributed by atoms with Gasteiger partial charge in [-0.05, 0) is 74.5 Å². The van der Waals surface area contributed by atoms with E-state index in [4.69, 9.17) is 52.1 Å². The second-order valence-corrected chi connectivity index (χ2v) is 11.8. The van der Waals surface area contributed by atoms with Crippen LogP contribution >= 0.6 is 78.3 Å². The molecule has 2 aromatic heterocycles. The topological polar surface area (TPSA) is 84.1 Å². The molecule has 0 fully saturated rings. The van der Waals surface area contributed by atoms with Gasteiger partial charge < -0.3 is 15.5 Å². The zero-order valence-corrected chi connectivity index (χ0v) is 27.5. The monoisotopic (exact) mass is 733 g/mol. The van der Waals surface area contributed by atoms with E-state index in [1.165, 1.54) is 0 Å². The number of anilines is 3. The fourth-order valence-electron chi connectivity index (χ4n) is 3.53. The number of nitrogen functional groups attached to an aromatic ring is 1. The first-order chi connectivity index (χ1) is 18.5. The third-order valence-corrected chi connectivity index (χ3v) is 7.65. The molecule has 206 valence electrons. The molecule has 0 amide bonds. The van der Waals surface area contributed by atoms with Gasteiger partial charge >= 0.3 is 0 Å². The van der Waals surface area contributed by atoms with E-state index in [0.717, 1.165) is 28.5 Å². The Kier molecular flexibility index (Phi) is 11.9. The Bertz CT molecular complexity index is 1400. The minimum atomic E-state index is 0.432. The number of nitrogens with two attached hydrogens (primary N) is 1. The smallest absolute Gasteiger partial charge is 0.173 e. The molecular formula is C26H25Br2Cl4N7. The zero-order valence-electron chi connectivity index (χ0n) is 21.3. The molecule has 0 aliphatic carbocycles. The standard InChI is InChI=1S/C14H15BrCl2N4.C12H10BrCl2N3/c1-20(2)13-14(19-12(15)7-18-13)21(3)8-9-10(16)5-4-6-11(9)17;13-11-6-17-12(16)10(18-11)5-4-7-8(14)2-1-3-9(7)15/h4-7H,8H2,1-3H3;1-3,6H,4-5H2,(H2,16,17). The third-order valence-electron chi connectivity index (χ3n) is 5.47. The summed E-state index contributed by atoms with van der Waals surface area (Å²) in [5.74, 6) is 1.97. The average molecular weight is 737 g/mol. The second kappa shape index (κ2) is 14.7. The maximum Gasteiger partial charge on any atom is 0.173 e. The number of rotatable bonds is 7. The molecule has 0 saturated carbocycles. The Hall–Kier alpha value is -1.88. The normalized spacial score (nSPS) is 10.6. The van der Waals surface area contributed by atoms with Crippen molar-refractivity contribution in [3.05, 3.63) is 94.9 Å². The summed E-state index contributed by atoms with van der Waals surface area (Å²) in [7, 11) is 5.79. The van der Waals surface area contributed by atoms with Crippen molar-refractivity contribution in [2.75, 3.05) is 36.7 Å². The number of hydrogen-bond donors (Lipinski definition) is 1. The van der Waals surface area contributed by atoms with E-state index in [0.29, 0.717) is 54.5 Å². The van der Waals surface area contributed by atoms with Gasteiger partial charge in [-0.25, -0.2) is 19.9 Å². The van der Waals surface area contributed by atoms with Gasteiger partial charge in [-0.2, -0.15) is 0 Å². The first-order valence-corrected chi connectivity index (χ1v) is 14.6. The van der Waals surface area contributed by atoms with E-state index in [-0.39, 0.29) is 0 Å². The van der Waals surface area contributed by atoms with Gasteiger partial charge in [-0.15, -0.1) is 0 Å². The first-order valence-electron chi connectivity index (χ1n) is 11.5. The van der Waals surface area contributed by atoms with Crippen LogP contribution in [-0.4, -0.2) is 41.1 Å². The lowest BCUT2D eigenvalue weighted by atomic mass is 10.1. The van der Waals surface area contributed by atoms with Crippen LogP contribution in [0.25, 0.3) is 0 Å². The molecule has 2 heterocycles. The second-order valence-electron chi connectivity index (χ2n) is 8.52. The fourth-order valence-corrected chi connectivity index (χ4v) is 5.22. The molecule has 0 saturated heterocycles. The molecule has 13 heteroatoms. The highest BCUT2D eigenvalue weighted by Crippen LogP contribution is 2.30. The first kappa shape index (κ1) is 31.6. The lowest BCUT2D eigenvalue weighted by molar-refractivity contribution is 0.875. The highest BCUT2D eigenvalue weighted by molar-refractivity contribution is 9.10. The van der Waals surface area contributed by atoms with Crippen molar-refractivity contribution in [2.24, 2.45) is 0 Å². The number of nitrogens with zero attached hydrogens (tertiary/aromatic N) is 6. The van der Waals surface area contributed by atoms with Crippen molar-refractivity contribution in [3.8, 4) is 0 Å². The molecule has 0 aliphatic heterocycles. The van der Waals surface area contributed by atoms with Crippen LogP contribution in [0.3, 0.4) is 0 Å². The van der Waals surface area contributed by atoms with Crippen LogP contribution in [0.1, 0.15) is 16.8 Å². The molecular weight excluding hydrogens is 712 g/mol. The van der Waals surface area contributed by atoms with Crippen LogP contribution in [0.2, 0.25) is 20.1 Å². The van der Waals surface area contributed by atoms with Crippen LogP contribution in [0.5, 0.6) is 0 Å². The number of benzene rings is 2. The molecule has 39 heavy (non-hydrogen) atoms. The maximum atomic E-state index is 6.23. The summed E-state index contributed by atoms with van der Waals surface area (Å²) in [4.78, 5) is 21.1. The van der Waals surface area contributed by atoms with Crippen LogP contribution in [0.4, 0.5) is 17.5 Å². The van der Waals surface area contributed by atoms with Gasteiger partial charge in [0.25, 0.3) is 0 Å². The van der Waals surface area contributed by atoms with Crippen LogP contribution in [0, 0.1) is 0 Å². The van der Waals surface area contributed by atoms with Crippen molar-refractivity contribution < 1.29 is 0 Å². The molecule has 2 N–H and O–H groups in total. The third kappa shape index (κ3) is 8.80. The maximum absolute atomic E-state index is 6.23. The predicted octanol–water partition coefficient (Wildman–Crippen LogP) is 8.16. The van der Waals surface area contributed by atoms with Gasteiger partial charge in [0.1, 0.15) is 15.0 Å². The van der Waals surface area contributed by atoms with Gasteiger partial charge in [-0.3, -0.25) is 0 Å². The van der Waals surface area contributed by atoms with Crippen molar-refractivity contribution in [2.45, 2.75) is 19.4 Å². The molecule has 4 rings (SSSR count). The molecule has 7 nitrogen and oxygen atoms in total. The summed E-state index contributed by atoms with van der Waals surface area (Å²) >= 11 is 31.3. The lowest BCUT2D eigenvalue weighted by Crippen LogP contribution is -2.23. The van der Waals surface area contributed by atoms with Crippen LogP contribution in [0.15, 0.2) is 58.0 Å². The van der Waals surface area contributed by atoms with E-state index in [9.17, 15) is 0 Å². The summed E-state index contributed by atoms with van der Waals surface area (Å²) in [6, 6.07) is 10.9. The molecule has 0 atom stereocenters. The van der Waals surface area contributed by atoms with Gasteiger partial charge in [0.15, 0.2) is 11.6 Å². The summed E-state index contributed by atoms with van der Waals surface area (Å²) in [6.07, 6.45) is 4.56. The van der Waals surface area contributed by atoms with E-state index < -0.39 is 0 Å². The van der Waals surface area contributed by atoms with E-state index in [1.807, 2.05) is 67.3 Å². The number of aryl methyl sites for hydroxylation is 1. The van der Waals surface area contributed by atoms with Gasteiger partial charge in [0, 0.05) is 53.3 Å². The van der Waals surface area contributed by atoms with Gasteiger partial charge in [-0.1, -0.05) is 58.5 Å². The van der Waals surface area contributed by atoms with Crippen LogP contribution in [-0.2, 0) is 19.4 Å². The molecule has 0 spiro atoms. The minimum Gasteiger partial charge on any atom is -0.382 e. The van der Waals surface area contributed by atoms with Crippen molar-refractivity contribution in [1.82, 2.24) is 19.9 Å². The van der Waals surface area contributed by atoms with Crippen molar-refractivity contribution in [3.63, 3.8) is 0 Å². The Morgan fingerprint density at radius 1 is 0.718 bits per heavy atom.